The normalized spacial score (nSPS) is 27.8. The minimum Gasteiger partial charge on any atom is -0.480 e. The van der Waals surface area contributed by atoms with Crippen LogP contribution in [0, 0.1) is 0 Å². The second-order valence-corrected chi connectivity index (χ2v) is 4.38. The molecule has 16 heavy (non-hydrogen) atoms. The quantitative estimate of drug-likeness (QED) is 0.811. The topological polar surface area (TPSA) is 49.3 Å². The van der Waals surface area contributed by atoms with E-state index in [1.807, 2.05) is 12.1 Å². The van der Waals surface area contributed by atoms with Crippen LogP contribution in [0.4, 0.5) is 0 Å². The lowest BCUT2D eigenvalue weighted by atomic mass is 10.0. The summed E-state index contributed by atoms with van der Waals surface area (Å²) in [6.45, 7) is 2.11. The Morgan fingerprint density at radius 3 is 2.50 bits per heavy atom. The molecule has 2 atom stereocenters. The van der Waals surface area contributed by atoms with Gasteiger partial charge in [0.05, 0.1) is 0 Å². The summed E-state index contributed by atoms with van der Waals surface area (Å²) >= 11 is 0. The van der Waals surface area contributed by atoms with E-state index in [0.29, 0.717) is 6.42 Å². The Morgan fingerprint density at radius 1 is 1.50 bits per heavy atom. The molecule has 86 valence electrons. The van der Waals surface area contributed by atoms with E-state index >= 15 is 0 Å². The molecule has 2 rings (SSSR count). The van der Waals surface area contributed by atoms with Gasteiger partial charge in [0.1, 0.15) is 5.54 Å². The van der Waals surface area contributed by atoms with Crippen LogP contribution in [0.25, 0.3) is 0 Å². The summed E-state index contributed by atoms with van der Waals surface area (Å²) < 4.78 is 0. The highest BCUT2D eigenvalue weighted by Crippen LogP contribution is 2.51. The largest absolute Gasteiger partial charge is 0.480 e. The predicted molar refractivity (Wildman–Crippen MR) is 62.6 cm³/mol. The van der Waals surface area contributed by atoms with Crippen molar-refractivity contribution in [1.82, 2.24) is 5.32 Å². The number of carboxylic acid groups (broad SMARTS) is 1. The minimum atomic E-state index is -0.750. The summed E-state index contributed by atoms with van der Waals surface area (Å²) in [7, 11) is 1.72. The molecule has 0 amide bonds. The SMILES string of the molecule is CCc1ccc(C2CC2(NC)C(=O)O)cc1. The first-order valence-electron chi connectivity index (χ1n) is 5.65. The Kier molecular flexibility index (Phi) is 2.72. The van der Waals surface area contributed by atoms with Crippen molar-refractivity contribution in [2.24, 2.45) is 0 Å². The highest BCUT2D eigenvalue weighted by Gasteiger charge is 2.60. The molecule has 1 aliphatic carbocycles. The third-order valence-electron chi connectivity index (χ3n) is 3.58. The van der Waals surface area contributed by atoms with Gasteiger partial charge in [0.2, 0.25) is 0 Å². The molecule has 1 aromatic rings. The third-order valence-corrected chi connectivity index (χ3v) is 3.58. The summed E-state index contributed by atoms with van der Waals surface area (Å²) in [5.74, 6) is -0.638. The molecular weight excluding hydrogens is 202 g/mol. The Labute approximate surface area is 95.5 Å². The first-order chi connectivity index (χ1) is 7.64. The van der Waals surface area contributed by atoms with E-state index in [-0.39, 0.29) is 5.92 Å². The van der Waals surface area contributed by atoms with Crippen LogP contribution in [0.15, 0.2) is 24.3 Å². The van der Waals surface area contributed by atoms with Gasteiger partial charge >= 0.3 is 5.97 Å². The van der Waals surface area contributed by atoms with Gasteiger partial charge in [-0.05, 0) is 31.0 Å². The number of benzene rings is 1. The summed E-state index contributed by atoms with van der Waals surface area (Å²) in [5.41, 5.74) is 1.68. The number of carboxylic acids is 1. The molecule has 0 radical (unpaired) electrons. The summed E-state index contributed by atoms with van der Waals surface area (Å²) in [6.07, 6.45) is 1.70. The Morgan fingerprint density at radius 2 is 2.12 bits per heavy atom. The molecule has 0 heterocycles. The van der Waals surface area contributed by atoms with E-state index in [9.17, 15) is 9.90 Å². The van der Waals surface area contributed by atoms with E-state index in [1.165, 1.54) is 5.56 Å². The number of aliphatic carboxylic acids is 1. The summed E-state index contributed by atoms with van der Waals surface area (Å²) in [5, 5.41) is 12.1. The summed E-state index contributed by atoms with van der Waals surface area (Å²) in [6, 6.07) is 8.25. The maximum absolute atomic E-state index is 11.2. The molecule has 2 N–H and O–H groups in total. The lowest BCUT2D eigenvalue weighted by Crippen LogP contribution is -2.38. The molecule has 3 heteroatoms. The zero-order valence-electron chi connectivity index (χ0n) is 9.66. The lowest BCUT2D eigenvalue weighted by molar-refractivity contribution is -0.140. The van der Waals surface area contributed by atoms with Crippen molar-refractivity contribution in [3.05, 3.63) is 35.4 Å². The third kappa shape index (κ3) is 1.61. The first-order valence-corrected chi connectivity index (χ1v) is 5.65. The maximum atomic E-state index is 11.2. The fourth-order valence-electron chi connectivity index (χ4n) is 2.27. The standard InChI is InChI=1S/C13H17NO2/c1-3-9-4-6-10(7-5-9)11-8-13(11,14-2)12(15)16/h4-7,11,14H,3,8H2,1-2H3,(H,15,16). The van der Waals surface area contributed by atoms with Gasteiger partial charge in [-0.15, -0.1) is 0 Å². The van der Waals surface area contributed by atoms with Gasteiger partial charge in [0, 0.05) is 5.92 Å². The van der Waals surface area contributed by atoms with Crippen LogP contribution in [0.2, 0.25) is 0 Å². The van der Waals surface area contributed by atoms with Crippen molar-refractivity contribution in [3.8, 4) is 0 Å². The zero-order valence-corrected chi connectivity index (χ0v) is 9.66. The molecule has 0 aliphatic heterocycles. The second kappa shape index (κ2) is 3.91. The van der Waals surface area contributed by atoms with Crippen LogP contribution >= 0.6 is 0 Å². The molecule has 2 unspecified atom stereocenters. The molecule has 3 nitrogen and oxygen atoms in total. The number of hydrogen-bond donors (Lipinski definition) is 2. The molecule has 0 bridgehead atoms. The monoisotopic (exact) mass is 219 g/mol. The highest BCUT2D eigenvalue weighted by atomic mass is 16.4. The van der Waals surface area contributed by atoms with Gasteiger partial charge in [-0.25, -0.2) is 0 Å². The fraction of sp³-hybridized carbons (Fsp3) is 0.462. The van der Waals surface area contributed by atoms with Crippen LogP contribution in [0.5, 0.6) is 0 Å². The molecule has 1 fully saturated rings. The Bertz CT molecular complexity index is 399. The van der Waals surface area contributed by atoms with Crippen molar-refractivity contribution < 1.29 is 9.90 Å². The Balaban J connectivity index is 2.18. The molecule has 1 aliphatic rings. The summed E-state index contributed by atoms with van der Waals surface area (Å²) in [4.78, 5) is 11.2. The van der Waals surface area contributed by atoms with Crippen LogP contribution < -0.4 is 5.32 Å². The second-order valence-electron chi connectivity index (χ2n) is 4.38. The van der Waals surface area contributed by atoms with E-state index in [2.05, 4.69) is 24.4 Å². The van der Waals surface area contributed by atoms with E-state index in [4.69, 9.17) is 0 Å². The van der Waals surface area contributed by atoms with Crippen molar-refractivity contribution in [2.75, 3.05) is 7.05 Å². The van der Waals surface area contributed by atoms with Gasteiger partial charge in [0.15, 0.2) is 0 Å². The number of hydrogen-bond acceptors (Lipinski definition) is 2. The van der Waals surface area contributed by atoms with E-state index in [0.717, 1.165) is 12.0 Å². The number of likely N-dealkylation sites (N-methyl/N-ethyl adjacent to an activating group) is 1. The molecular formula is C13H17NO2. The zero-order chi connectivity index (χ0) is 11.8. The molecule has 0 saturated heterocycles. The van der Waals surface area contributed by atoms with Crippen molar-refractivity contribution in [1.29, 1.82) is 0 Å². The lowest BCUT2D eigenvalue weighted by Gasteiger charge is -2.11. The van der Waals surface area contributed by atoms with Gasteiger partial charge in [-0.3, -0.25) is 4.79 Å². The van der Waals surface area contributed by atoms with Crippen LogP contribution in [0.1, 0.15) is 30.4 Å². The number of rotatable bonds is 4. The van der Waals surface area contributed by atoms with Crippen molar-refractivity contribution in [3.63, 3.8) is 0 Å². The predicted octanol–water partition coefficient (Wildman–Crippen LogP) is 1.78. The average Bonchev–Trinajstić information content (AvgIpc) is 3.05. The fourth-order valence-corrected chi connectivity index (χ4v) is 2.27. The van der Waals surface area contributed by atoms with Gasteiger partial charge in [0.25, 0.3) is 0 Å². The molecule has 1 saturated carbocycles. The van der Waals surface area contributed by atoms with Gasteiger partial charge in [-0.1, -0.05) is 31.2 Å². The Hall–Kier alpha value is -1.35. The smallest absolute Gasteiger partial charge is 0.324 e. The van der Waals surface area contributed by atoms with Gasteiger partial charge in [-0.2, -0.15) is 0 Å². The number of nitrogens with one attached hydrogen (secondary N) is 1. The number of carbonyl (C=O) groups is 1. The van der Waals surface area contributed by atoms with Crippen molar-refractivity contribution in [2.45, 2.75) is 31.2 Å². The van der Waals surface area contributed by atoms with Crippen LogP contribution in [0.3, 0.4) is 0 Å². The molecule has 0 spiro atoms. The van der Waals surface area contributed by atoms with Crippen LogP contribution in [-0.4, -0.2) is 23.7 Å². The van der Waals surface area contributed by atoms with Gasteiger partial charge < -0.3 is 10.4 Å². The van der Waals surface area contributed by atoms with Crippen LogP contribution in [-0.2, 0) is 11.2 Å². The van der Waals surface area contributed by atoms with E-state index < -0.39 is 11.5 Å². The first kappa shape index (κ1) is 11.1. The van der Waals surface area contributed by atoms with Crippen molar-refractivity contribution >= 4 is 5.97 Å². The minimum absolute atomic E-state index is 0.112. The molecule has 1 aromatic carbocycles. The maximum Gasteiger partial charge on any atom is 0.324 e. The molecule has 0 aromatic heterocycles. The average molecular weight is 219 g/mol. The number of aryl methyl sites for hydroxylation is 1. The van der Waals surface area contributed by atoms with E-state index in [1.54, 1.807) is 7.05 Å². The highest BCUT2D eigenvalue weighted by molar-refractivity contribution is 5.85.